The summed E-state index contributed by atoms with van der Waals surface area (Å²) in [7, 11) is 0. The van der Waals surface area contributed by atoms with E-state index in [1.54, 1.807) is 6.33 Å². The van der Waals surface area contributed by atoms with Crippen molar-refractivity contribution in [1.82, 2.24) is 20.2 Å². The van der Waals surface area contributed by atoms with Gasteiger partial charge in [0.2, 0.25) is 0 Å². The molecule has 4 unspecified atom stereocenters. The van der Waals surface area contributed by atoms with E-state index in [0.29, 0.717) is 24.2 Å². The molecule has 6 nitrogen and oxygen atoms in total. The highest BCUT2D eigenvalue weighted by Crippen LogP contribution is 2.40. The van der Waals surface area contributed by atoms with Gasteiger partial charge in [-0.2, -0.15) is 5.10 Å². The molecule has 3 rings (SSSR count). The van der Waals surface area contributed by atoms with Crippen LogP contribution in [-0.4, -0.2) is 33.0 Å². The Morgan fingerprint density at radius 2 is 2.37 bits per heavy atom. The number of rotatable bonds is 5. The Hall–Kier alpha value is -0.980. The first kappa shape index (κ1) is 13.0. The molecule has 2 bridgehead atoms. The molecule has 1 aromatic rings. The van der Waals surface area contributed by atoms with Crippen LogP contribution < -0.4 is 11.3 Å². The lowest BCUT2D eigenvalue weighted by atomic mass is 9.82. The molecule has 2 aliphatic heterocycles. The summed E-state index contributed by atoms with van der Waals surface area (Å²) in [5.74, 6) is 7.27. The fourth-order valence-electron chi connectivity index (χ4n) is 3.48. The molecule has 3 heterocycles. The van der Waals surface area contributed by atoms with E-state index in [1.165, 1.54) is 12.8 Å². The van der Waals surface area contributed by atoms with E-state index in [4.69, 9.17) is 10.6 Å². The summed E-state index contributed by atoms with van der Waals surface area (Å²) in [5, 5.41) is 4.28. The van der Waals surface area contributed by atoms with Gasteiger partial charge in [-0.15, -0.1) is 0 Å². The average Bonchev–Trinajstić information content (AvgIpc) is 3.11. The molecule has 3 N–H and O–H groups in total. The molecule has 0 aliphatic carbocycles. The lowest BCUT2D eigenvalue weighted by Gasteiger charge is -2.27. The maximum Gasteiger partial charge on any atom is 0.138 e. The van der Waals surface area contributed by atoms with Gasteiger partial charge in [0.1, 0.15) is 12.2 Å². The molecule has 2 saturated heterocycles. The SMILES string of the molecule is CC(C)n1ncnc1CC(NN)C1CC2CCC1O2. The van der Waals surface area contributed by atoms with Gasteiger partial charge in [0, 0.05) is 24.4 Å². The highest BCUT2D eigenvalue weighted by atomic mass is 16.5. The van der Waals surface area contributed by atoms with E-state index in [-0.39, 0.29) is 6.04 Å². The number of hydrogen-bond acceptors (Lipinski definition) is 5. The van der Waals surface area contributed by atoms with Crippen LogP contribution in [0, 0.1) is 5.92 Å². The monoisotopic (exact) mass is 265 g/mol. The first-order valence-electron chi connectivity index (χ1n) is 7.19. The predicted octanol–water partition coefficient (Wildman–Crippen LogP) is 0.801. The molecular weight excluding hydrogens is 242 g/mol. The molecule has 1 aromatic heterocycles. The molecule has 0 radical (unpaired) electrons. The van der Waals surface area contributed by atoms with Gasteiger partial charge in [-0.3, -0.25) is 11.3 Å². The van der Waals surface area contributed by atoms with Crippen molar-refractivity contribution in [2.24, 2.45) is 11.8 Å². The summed E-state index contributed by atoms with van der Waals surface area (Å²) in [6.45, 7) is 4.23. The smallest absolute Gasteiger partial charge is 0.138 e. The Morgan fingerprint density at radius 1 is 1.53 bits per heavy atom. The largest absolute Gasteiger partial charge is 0.375 e. The minimum absolute atomic E-state index is 0.219. The highest BCUT2D eigenvalue weighted by molar-refractivity contribution is 4.99. The van der Waals surface area contributed by atoms with Crippen molar-refractivity contribution in [3.8, 4) is 0 Å². The van der Waals surface area contributed by atoms with Crippen molar-refractivity contribution in [3.05, 3.63) is 12.2 Å². The number of nitrogens with one attached hydrogen (secondary N) is 1. The Kier molecular flexibility index (Phi) is 3.56. The van der Waals surface area contributed by atoms with Crippen molar-refractivity contribution in [3.63, 3.8) is 0 Å². The Labute approximate surface area is 113 Å². The summed E-state index contributed by atoms with van der Waals surface area (Å²) in [6, 6.07) is 0.546. The molecule has 2 fully saturated rings. The summed E-state index contributed by atoms with van der Waals surface area (Å²) in [4.78, 5) is 4.37. The third-order valence-electron chi connectivity index (χ3n) is 4.42. The van der Waals surface area contributed by atoms with Gasteiger partial charge in [-0.25, -0.2) is 9.67 Å². The summed E-state index contributed by atoms with van der Waals surface area (Å²) in [6.07, 6.45) is 6.77. The van der Waals surface area contributed by atoms with Gasteiger partial charge in [0.15, 0.2) is 0 Å². The second kappa shape index (κ2) is 5.19. The second-order valence-corrected chi connectivity index (χ2v) is 5.97. The third kappa shape index (κ3) is 2.40. The van der Waals surface area contributed by atoms with Crippen molar-refractivity contribution in [2.45, 2.75) is 63.8 Å². The molecule has 19 heavy (non-hydrogen) atoms. The zero-order valence-electron chi connectivity index (χ0n) is 11.6. The third-order valence-corrected chi connectivity index (χ3v) is 4.42. The number of nitrogens with two attached hydrogens (primary N) is 1. The van der Waals surface area contributed by atoms with Crippen molar-refractivity contribution in [2.75, 3.05) is 0 Å². The predicted molar refractivity (Wildman–Crippen MR) is 71.2 cm³/mol. The van der Waals surface area contributed by atoms with Crippen LogP contribution >= 0.6 is 0 Å². The lowest BCUT2D eigenvalue weighted by molar-refractivity contribution is 0.0854. The first-order chi connectivity index (χ1) is 9.19. The van der Waals surface area contributed by atoms with Crippen molar-refractivity contribution < 1.29 is 4.74 Å². The second-order valence-electron chi connectivity index (χ2n) is 5.97. The fourth-order valence-corrected chi connectivity index (χ4v) is 3.48. The molecule has 0 spiro atoms. The van der Waals surface area contributed by atoms with Crippen LogP contribution in [0.4, 0.5) is 0 Å². The standard InChI is InChI=1S/C13H23N5O/c1-8(2)18-13(15-7-16-18)6-11(17-14)10-5-9-3-4-12(10)19-9/h7-12,17H,3-6,14H2,1-2H3. The lowest BCUT2D eigenvalue weighted by Crippen LogP contribution is -2.46. The van der Waals surface area contributed by atoms with Crippen LogP contribution in [0.5, 0.6) is 0 Å². The van der Waals surface area contributed by atoms with Crippen LogP contribution in [-0.2, 0) is 11.2 Å². The Morgan fingerprint density at radius 3 is 2.95 bits per heavy atom. The van der Waals surface area contributed by atoms with Gasteiger partial charge >= 0.3 is 0 Å². The molecule has 106 valence electrons. The van der Waals surface area contributed by atoms with E-state index < -0.39 is 0 Å². The van der Waals surface area contributed by atoms with E-state index in [2.05, 4.69) is 29.4 Å². The summed E-state index contributed by atoms with van der Waals surface area (Å²) >= 11 is 0. The molecule has 6 heteroatoms. The van der Waals surface area contributed by atoms with Gasteiger partial charge < -0.3 is 4.74 Å². The zero-order valence-corrected chi connectivity index (χ0v) is 11.6. The number of ether oxygens (including phenoxy) is 1. The first-order valence-corrected chi connectivity index (χ1v) is 7.19. The van der Waals surface area contributed by atoms with Crippen molar-refractivity contribution in [1.29, 1.82) is 0 Å². The van der Waals surface area contributed by atoms with Gasteiger partial charge in [-0.1, -0.05) is 0 Å². The van der Waals surface area contributed by atoms with Crippen LogP contribution in [0.3, 0.4) is 0 Å². The van der Waals surface area contributed by atoms with Crippen LogP contribution in [0.25, 0.3) is 0 Å². The van der Waals surface area contributed by atoms with E-state index >= 15 is 0 Å². The average molecular weight is 265 g/mol. The van der Waals surface area contributed by atoms with Gasteiger partial charge in [-0.05, 0) is 33.1 Å². The minimum Gasteiger partial charge on any atom is -0.375 e. The van der Waals surface area contributed by atoms with Crippen LogP contribution in [0.15, 0.2) is 6.33 Å². The molecule has 0 aromatic carbocycles. The highest BCUT2D eigenvalue weighted by Gasteiger charge is 2.44. The number of fused-ring (bicyclic) bond motifs is 2. The van der Waals surface area contributed by atoms with E-state index in [9.17, 15) is 0 Å². The molecule has 4 atom stereocenters. The topological polar surface area (TPSA) is 78.0 Å². The number of hydrogen-bond donors (Lipinski definition) is 2. The number of nitrogens with zero attached hydrogens (tertiary/aromatic N) is 3. The Balaban J connectivity index is 1.71. The molecular formula is C13H23N5O. The van der Waals surface area contributed by atoms with Crippen LogP contribution in [0.1, 0.15) is 45.0 Å². The van der Waals surface area contributed by atoms with Gasteiger partial charge in [0.25, 0.3) is 0 Å². The zero-order chi connectivity index (χ0) is 13.4. The fraction of sp³-hybridized carbons (Fsp3) is 0.846. The quantitative estimate of drug-likeness (QED) is 0.608. The normalized spacial score (nSPS) is 31.3. The summed E-state index contributed by atoms with van der Waals surface area (Å²) in [5.41, 5.74) is 2.97. The minimum atomic E-state index is 0.219. The van der Waals surface area contributed by atoms with Gasteiger partial charge in [0.05, 0.1) is 12.2 Å². The van der Waals surface area contributed by atoms with E-state index in [0.717, 1.165) is 18.7 Å². The summed E-state index contributed by atoms with van der Waals surface area (Å²) < 4.78 is 7.90. The Bertz CT molecular complexity index is 432. The molecule has 0 saturated carbocycles. The number of hydrazine groups is 1. The van der Waals surface area contributed by atoms with Crippen molar-refractivity contribution >= 4 is 0 Å². The molecule has 0 amide bonds. The van der Waals surface area contributed by atoms with Crippen LogP contribution in [0.2, 0.25) is 0 Å². The van der Waals surface area contributed by atoms with E-state index in [1.807, 2.05) is 4.68 Å². The number of aromatic nitrogens is 3. The maximum atomic E-state index is 5.93. The maximum absolute atomic E-state index is 5.93. The molecule has 2 aliphatic rings.